The van der Waals surface area contributed by atoms with Gasteiger partial charge in [0.1, 0.15) is 0 Å². The van der Waals surface area contributed by atoms with Crippen LogP contribution in [0.3, 0.4) is 0 Å². The van der Waals surface area contributed by atoms with E-state index in [1.807, 2.05) is 0 Å². The molecule has 0 unspecified atom stereocenters. The molecule has 0 aliphatic carbocycles. The van der Waals surface area contributed by atoms with Gasteiger partial charge >= 0.3 is 0 Å². The molecule has 1 fully saturated rings. The third-order valence-electron chi connectivity index (χ3n) is 2.94. The molecule has 102 valence electrons. The number of hydrogen-bond acceptors (Lipinski definition) is 4. The molecule has 0 atom stereocenters. The number of amides is 1. The summed E-state index contributed by atoms with van der Waals surface area (Å²) >= 11 is 0. The summed E-state index contributed by atoms with van der Waals surface area (Å²) in [4.78, 5) is 13.6. The van der Waals surface area contributed by atoms with E-state index in [1.54, 1.807) is 29.2 Å². The first-order valence-electron chi connectivity index (χ1n) is 6.12. The zero-order valence-electron chi connectivity index (χ0n) is 10.8. The highest BCUT2D eigenvalue weighted by molar-refractivity contribution is 5.91. The first kappa shape index (κ1) is 13.4. The molecular formula is C14H17NO4. The summed E-state index contributed by atoms with van der Waals surface area (Å²) in [5.41, 5.74) is 0.750. The zero-order chi connectivity index (χ0) is 13.7. The van der Waals surface area contributed by atoms with Gasteiger partial charge in [-0.05, 0) is 23.8 Å². The summed E-state index contributed by atoms with van der Waals surface area (Å²) in [5, 5.41) is 9.63. The Morgan fingerprint density at radius 1 is 1.42 bits per heavy atom. The molecule has 0 bridgehead atoms. The first-order valence-corrected chi connectivity index (χ1v) is 6.12. The number of rotatable bonds is 3. The number of aromatic hydroxyl groups is 1. The molecule has 0 radical (unpaired) electrons. The molecule has 0 spiro atoms. The van der Waals surface area contributed by atoms with Gasteiger partial charge in [-0.3, -0.25) is 4.79 Å². The highest BCUT2D eigenvalue weighted by Crippen LogP contribution is 2.26. The summed E-state index contributed by atoms with van der Waals surface area (Å²) in [6.45, 7) is 2.42. The maximum Gasteiger partial charge on any atom is 0.246 e. The van der Waals surface area contributed by atoms with E-state index in [2.05, 4.69) is 0 Å². The van der Waals surface area contributed by atoms with Crippen molar-refractivity contribution in [2.75, 3.05) is 33.4 Å². The van der Waals surface area contributed by atoms with Crippen molar-refractivity contribution in [2.24, 2.45) is 0 Å². The van der Waals surface area contributed by atoms with Crippen LogP contribution >= 0.6 is 0 Å². The molecule has 2 rings (SSSR count). The van der Waals surface area contributed by atoms with Crippen molar-refractivity contribution in [3.8, 4) is 11.5 Å². The fourth-order valence-electron chi connectivity index (χ4n) is 1.87. The summed E-state index contributed by atoms with van der Waals surface area (Å²) in [5.74, 6) is 0.429. The van der Waals surface area contributed by atoms with E-state index in [9.17, 15) is 9.90 Å². The number of morpholine rings is 1. The predicted molar refractivity (Wildman–Crippen MR) is 71.1 cm³/mol. The van der Waals surface area contributed by atoms with Crippen molar-refractivity contribution in [3.63, 3.8) is 0 Å². The van der Waals surface area contributed by atoms with E-state index < -0.39 is 0 Å². The van der Waals surface area contributed by atoms with Crippen molar-refractivity contribution in [2.45, 2.75) is 0 Å². The van der Waals surface area contributed by atoms with Crippen molar-refractivity contribution in [1.82, 2.24) is 4.90 Å². The normalized spacial score (nSPS) is 15.7. The second-order valence-electron chi connectivity index (χ2n) is 4.20. The summed E-state index contributed by atoms with van der Waals surface area (Å²) in [6, 6.07) is 5.00. The Labute approximate surface area is 112 Å². The summed E-state index contributed by atoms with van der Waals surface area (Å²) in [7, 11) is 1.49. The Bertz CT molecular complexity index is 478. The highest BCUT2D eigenvalue weighted by atomic mass is 16.5. The number of hydrogen-bond donors (Lipinski definition) is 1. The molecular weight excluding hydrogens is 246 g/mol. The van der Waals surface area contributed by atoms with Crippen LogP contribution in [-0.4, -0.2) is 49.3 Å². The molecule has 1 aromatic carbocycles. The van der Waals surface area contributed by atoms with Crippen LogP contribution in [0.1, 0.15) is 5.56 Å². The number of phenolic OH excluding ortho intramolecular Hbond substituents is 1. The van der Waals surface area contributed by atoms with Crippen LogP contribution in [0.4, 0.5) is 0 Å². The SMILES string of the molecule is COc1ccc(C=CC(=O)N2CCOCC2)cc1O. The van der Waals surface area contributed by atoms with E-state index in [-0.39, 0.29) is 11.7 Å². The van der Waals surface area contributed by atoms with Gasteiger partial charge in [-0.15, -0.1) is 0 Å². The Balaban J connectivity index is 2.01. The largest absolute Gasteiger partial charge is 0.504 e. The van der Waals surface area contributed by atoms with Crippen LogP contribution in [-0.2, 0) is 9.53 Å². The van der Waals surface area contributed by atoms with Crippen LogP contribution in [0.5, 0.6) is 11.5 Å². The van der Waals surface area contributed by atoms with Gasteiger partial charge in [-0.25, -0.2) is 0 Å². The van der Waals surface area contributed by atoms with Gasteiger partial charge in [0.2, 0.25) is 5.91 Å². The standard InChI is InChI=1S/C14H17NO4/c1-18-13-4-2-11(10-12(13)16)3-5-14(17)15-6-8-19-9-7-15/h2-5,10,16H,6-9H2,1H3. The van der Waals surface area contributed by atoms with Gasteiger partial charge in [-0.1, -0.05) is 6.07 Å². The van der Waals surface area contributed by atoms with Gasteiger partial charge in [0.25, 0.3) is 0 Å². The van der Waals surface area contributed by atoms with Gasteiger partial charge in [0, 0.05) is 19.2 Å². The minimum absolute atomic E-state index is 0.0430. The average Bonchev–Trinajstić information content (AvgIpc) is 2.46. The molecule has 1 aliphatic rings. The summed E-state index contributed by atoms with van der Waals surface area (Å²) < 4.78 is 10.1. The molecule has 1 aromatic rings. The van der Waals surface area contributed by atoms with Crippen LogP contribution in [0.2, 0.25) is 0 Å². The molecule has 1 saturated heterocycles. The lowest BCUT2D eigenvalue weighted by Crippen LogP contribution is -2.39. The van der Waals surface area contributed by atoms with Crippen LogP contribution in [0, 0.1) is 0 Å². The molecule has 1 N–H and O–H groups in total. The number of methoxy groups -OCH3 is 1. The Kier molecular flexibility index (Phi) is 4.41. The Morgan fingerprint density at radius 2 is 2.16 bits per heavy atom. The third-order valence-corrected chi connectivity index (χ3v) is 2.94. The smallest absolute Gasteiger partial charge is 0.246 e. The van der Waals surface area contributed by atoms with Gasteiger partial charge < -0.3 is 19.5 Å². The predicted octanol–water partition coefficient (Wildman–Crippen LogP) is 1.27. The number of ether oxygens (including phenoxy) is 2. The molecule has 1 heterocycles. The van der Waals surface area contributed by atoms with E-state index in [0.29, 0.717) is 32.1 Å². The summed E-state index contributed by atoms with van der Waals surface area (Å²) in [6.07, 6.45) is 3.18. The molecule has 1 amide bonds. The Hall–Kier alpha value is -2.01. The molecule has 19 heavy (non-hydrogen) atoms. The van der Waals surface area contributed by atoms with Crippen molar-refractivity contribution >= 4 is 12.0 Å². The molecule has 0 saturated carbocycles. The minimum atomic E-state index is -0.0430. The zero-order valence-corrected chi connectivity index (χ0v) is 10.8. The third kappa shape index (κ3) is 3.48. The number of carbonyl (C=O) groups is 1. The van der Waals surface area contributed by atoms with Gasteiger partial charge in [0.15, 0.2) is 11.5 Å². The maximum atomic E-state index is 11.9. The van der Waals surface area contributed by atoms with Crippen LogP contribution in [0.15, 0.2) is 24.3 Å². The van der Waals surface area contributed by atoms with Crippen LogP contribution in [0.25, 0.3) is 6.08 Å². The maximum absolute atomic E-state index is 11.9. The quantitative estimate of drug-likeness (QED) is 0.834. The minimum Gasteiger partial charge on any atom is -0.504 e. The second kappa shape index (κ2) is 6.24. The fraction of sp³-hybridized carbons (Fsp3) is 0.357. The average molecular weight is 263 g/mol. The van der Waals surface area contributed by atoms with E-state index in [0.717, 1.165) is 5.56 Å². The Morgan fingerprint density at radius 3 is 2.79 bits per heavy atom. The topological polar surface area (TPSA) is 59.0 Å². The second-order valence-corrected chi connectivity index (χ2v) is 4.20. The highest BCUT2D eigenvalue weighted by Gasteiger charge is 2.13. The number of carbonyl (C=O) groups excluding carboxylic acids is 1. The van der Waals surface area contributed by atoms with Crippen LogP contribution < -0.4 is 4.74 Å². The van der Waals surface area contributed by atoms with Crippen molar-refractivity contribution in [1.29, 1.82) is 0 Å². The van der Waals surface area contributed by atoms with Gasteiger partial charge in [-0.2, -0.15) is 0 Å². The molecule has 5 heteroatoms. The van der Waals surface area contributed by atoms with Gasteiger partial charge in [0.05, 0.1) is 20.3 Å². The lowest BCUT2D eigenvalue weighted by molar-refractivity contribution is -0.129. The number of phenols is 1. The molecule has 0 aromatic heterocycles. The van der Waals surface area contributed by atoms with Crippen molar-refractivity contribution < 1.29 is 19.4 Å². The van der Waals surface area contributed by atoms with E-state index >= 15 is 0 Å². The number of nitrogens with zero attached hydrogens (tertiary/aromatic N) is 1. The molecule has 1 aliphatic heterocycles. The monoisotopic (exact) mass is 263 g/mol. The number of benzene rings is 1. The van der Waals surface area contributed by atoms with E-state index in [1.165, 1.54) is 13.2 Å². The fourth-order valence-corrected chi connectivity index (χ4v) is 1.87. The van der Waals surface area contributed by atoms with Crippen molar-refractivity contribution in [3.05, 3.63) is 29.8 Å². The first-order chi connectivity index (χ1) is 9.20. The lowest BCUT2D eigenvalue weighted by Gasteiger charge is -2.25. The molecule has 5 nitrogen and oxygen atoms in total. The lowest BCUT2D eigenvalue weighted by atomic mass is 10.2. The van der Waals surface area contributed by atoms with E-state index in [4.69, 9.17) is 9.47 Å².